The van der Waals surface area contributed by atoms with Crippen molar-refractivity contribution < 1.29 is 14.3 Å². The van der Waals surface area contributed by atoms with Crippen LogP contribution >= 0.6 is 22.9 Å². The Hall–Kier alpha value is -1.43. The Bertz CT molecular complexity index is 644. The Balaban J connectivity index is 1.86. The van der Waals surface area contributed by atoms with Crippen LogP contribution in [-0.2, 0) is 11.2 Å². The van der Waals surface area contributed by atoms with Gasteiger partial charge < -0.3 is 10.4 Å². The fraction of sp³-hybridized carbons (Fsp3) is 0.267. The Morgan fingerprint density at radius 1 is 1.43 bits per heavy atom. The van der Waals surface area contributed by atoms with Crippen molar-refractivity contribution in [1.82, 2.24) is 5.32 Å². The van der Waals surface area contributed by atoms with E-state index in [1.54, 1.807) is 11.3 Å². The molecule has 2 N–H and O–H groups in total. The molecular weight excluding hydrogens is 313 g/mol. The molecule has 0 aliphatic heterocycles. The molecule has 2 rings (SSSR count). The largest absolute Gasteiger partial charge is 0.387 e. The topological polar surface area (TPSA) is 49.3 Å². The third-order valence-electron chi connectivity index (χ3n) is 2.95. The van der Waals surface area contributed by atoms with Gasteiger partial charge in [0, 0.05) is 16.3 Å². The van der Waals surface area contributed by atoms with Crippen LogP contribution in [0.3, 0.4) is 0 Å². The second kappa shape index (κ2) is 7.02. The summed E-state index contributed by atoms with van der Waals surface area (Å²) in [7, 11) is 0. The molecule has 0 aliphatic carbocycles. The van der Waals surface area contributed by atoms with Crippen molar-refractivity contribution in [2.45, 2.75) is 19.4 Å². The predicted octanol–water partition coefficient (Wildman–Crippen LogP) is 3.24. The number of benzene rings is 1. The number of nitrogens with one attached hydrogen (secondary N) is 1. The van der Waals surface area contributed by atoms with Gasteiger partial charge in [-0.2, -0.15) is 0 Å². The van der Waals surface area contributed by atoms with Gasteiger partial charge in [0.25, 0.3) is 0 Å². The summed E-state index contributed by atoms with van der Waals surface area (Å²) in [5, 5.41) is 12.6. The molecule has 1 heterocycles. The number of hydrogen-bond donors (Lipinski definition) is 2. The molecule has 1 aromatic heterocycles. The Morgan fingerprint density at radius 3 is 2.81 bits per heavy atom. The fourth-order valence-corrected chi connectivity index (χ4v) is 2.86. The molecule has 0 radical (unpaired) electrons. The fourth-order valence-electron chi connectivity index (χ4n) is 1.85. The minimum atomic E-state index is -0.967. The first kappa shape index (κ1) is 15.9. The number of amides is 1. The van der Waals surface area contributed by atoms with Crippen molar-refractivity contribution in [1.29, 1.82) is 0 Å². The Morgan fingerprint density at radius 2 is 2.19 bits per heavy atom. The monoisotopic (exact) mass is 327 g/mol. The van der Waals surface area contributed by atoms with Gasteiger partial charge >= 0.3 is 0 Å². The molecule has 0 bridgehead atoms. The van der Waals surface area contributed by atoms with E-state index in [0.717, 1.165) is 9.75 Å². The Kier molecular flexibility index (Phi) is 5.33. The van der Waals surface area contributed by atoms with Crippen LogP contribution in [0.4, 0.5) is 4.39 Å². The van der Waals surface area contributed by atoms with Crippen LogP contribution in [0.25, 0.3) is 0 Å². The molecule has 6 heteroatoms. The van der Waals surface area contributed by atoms with E-state index in [1.165, 1.54) is 18.2 Å². The van der Waals surface area contributed by atoms with Gasteiger partial charge in [-0.15, -0.1) is 11.3 Å². The van der Waals surface area contributed by atoms with E-state index >= 15 is 0 Å². The summed E-state index contributed by atoms with van der Waals surface area (Å²) >= 11 is 7.14. The molecule has 1 atom stereocenters. The molecule has 2 aromatic rings. The predicted molar refractivity (Wildman–Crippen MR) is 82.1 cm³/mol. The minimum absolute atomic E-state index is 0.00282. The number of halogens is 2. The van der Waals surface area contributed by atoms with Crippen molar-refractivity contribution >= 4 is 28.8 Å². The van der Waals surface area contributed by atoms with E-state index in [-0.39, 0.29) is 23.9 Å². The molecule has 3 nitrogen and oxygen atoms in total. The number of aliphatic hydroxyl groups excluding tert-OH is 1. The third-order valence-corrected chi connectivity index (χ3v) is 4.26. The lowest BCUT2D eigenvalue weighted by Crippen LogP contribution is -2.29. The lowest BCUT2D eigenvalue weighted by molar-refractivity contribution is -0.120. The van der Waals surface area contributed by atoms with Crippen LogP contribution in [0.1, 0.15) is 21.4 Å². The lowest BCUT2D eigenvalue weighted by atomic mass is 10.1. The average Bonchev–Trinajstić information content (AvgIpc) is 2.84. The second-order valence-corrected chi connectivity index (χ2v) is 6.46. The van der Waals surface area contributed by atoms with Gasteiger partial charge in [0.1, 0.15) is 5.82 Å². The summed E-state index contributed by atoms with van der Waals surface area (Å²) in [6, 6.07) is 7.95. The summed E-state index contributed by atoms with van der Waals surface area (Å²) in [4.78, 5) is 13.9. The summed E-state index contributed by atoms with van der Waals surface area (Å²) < 4.78 is 13.3. The highest BCUT2D eigenvalue weighted by Gasteiger charge is 2.12. The van der Waals surface area contributed by atoms with Gasteiger partial charge in [-0.25, -0.2) is 4.39 Å². The van der Waals surface area contributed by atoms with E-state index in [2.05, 4.69) is 5.32 Å². The number of carbonyl (C=O) groups excluding carboxylic acids is 1. The van der Waals surface area contributed by atoms with Crippen LogP contribution < -0.4 is 5.32 Å². The Labute approximate surface area is 131 Å². The van der Waals surface area contributed by atoms with Gasteiger partial charge in [0.05, 0.1) is 17.5 Å². The summed E-state index contributed by atoms with van der Waals surface area (Å²) in [6.45, 7) is 2.01. The van der Waals surface area contributed by atoms with E-state index in [4.69, 9.17) is 11.6 Å². The molecule has 21 heavy (non-hydrogen) atoms. The van der Waals surface area contributed by atoms with Crippen molar-refractivity contribution in [2.75, 3.05) is 6.54 Å². The number of aliphatic hydroxyl groups is 1. The maximum Gasteiger partial charge on any atom is 0.225 e. The third kappa shape index (κ3) is 4.52. The molecule has 0 fully saturated rings. The van der Waals surface area contributed by atoms with Gasteiger partial charge in [0.15, 0.2) is 0 Å². The van der Waals surface area contributed by atoms with Gasteiger partial charge in [0.2, 0.25) is 5.91 Å². The summed E-state index contributed by atoms with van der Waals surface area (Å²) in [6.07, 6.45) is -0.689. The first-order chi connectivity index (χ1) is 9.95. The van der Waals surface area contributed by atoms with Crippen LogP contribution in [0.2, 0.25) is 5.02 Å². The molecule has 112 valence electrons. The summed E-state index contributed by atoms with van der Waals surface area (Å²) in [5.74, 6) is -0.765. The van der Waals surface area contributed by atoms with E-state index < -0.39 is 11.9 Å². The zero-order chi connectivity index (χ0) is 15.4. The van der Waals surface area contributed by atoms with Crippen LogP contribution in [-0.4, -0.2) is 17.6 Å². The molecule has 0 spiro atoms. The van der Waals surface area contributed by atoms with E-state index in [9.17, 15) is 14.3 Å². The molecule has 1 aromatic carbocycles. The average molecular weight is 328 g/mol. The molecule has 0 saturated heterocycles. The maximum absolute atomic E-state index is 13.3. The zero-order valence-electron chi connectivity index (χ0n) is 11.4. The smallest absolute Gasteiger partial charge is 0.225 e. The highest BCUT2D eigenvalue weighted by atomic mass is 35.5. The van der Waals surface area contributed by atoms with Crippen molar-refractivity contribution in [3.05, 3.63) is 56.5 Å². The number of carbonyl (C=O) groups is 1. The van der Waals surface area contributed by atoms with E-state index in [0.29, 0.717) is 5.56 Å². The highest BCUT2D eigenvalue weighted by molar-refractivity contribution is 7.12. The van der Waals surface area contributed by atoms with Crippen molar-refractivity contribution in [3.8, 4) is 0 Å². The molecule has 0 aliphatic rings. The van der Waals surface area contributed by atoms with Crippen LogP contribution in [0.5, 0.6) is 0 Å². The SMILES string of the molecule is Cc1ccc(CC(=O)NCC(O)c2ccc(Cl)c(F)c2)s1. The lowest BCUT2D eigenvalue weighted by Gasteiger charge is -2.12. The van der Waals surface area contributed by atoms with Crippen LogP contribution in [0, 0.1) is 12.7 Å². The van der Waals surface area contributed by atoms with Crippen molar-refractivity contribution in [3.63, 3.8) is 0 Å². The normalized spacial score (nSPS) is 12.2. The standard InChI is InChI=1S/C15H15ClFNO2S/c1-9-2-4-11(21-9)7-15(20)18-8-14(19)10-3-5-12(16)13(17)6-10/h2-6,14,19H,7-8H2,1H3,(H,18,20). The number of thiophene rings is 1. The number of rotatable bonds is 5. The summed E-state index contributed by atoms with van der Waals surface area (Å²) in [5.41, 5.74) is 0.379. The zero-order valence-corrected chi connectivity index (χ0v) is 13.0. The number of hydrogen-bond acceptors (Lipinski definition) is 3. The van der Waals surface area contributed by atoms with Gasteiger partial charge in [-0.3, -0.25) is 4.79 Å². The second-order valence-electron chi connectivity index (χ2n) is 4.68. The molecular formula is C15H15ClFNO2S. The van der Waals surface area contributed by atoms with Gasteiger partial charge in [-0.1, -0.05) is 17.7 Å². The molecule has 1 unspecified atom stereocenters. The van der Waals surface area contributed by atoms with Crippen LogP contribution in [0.15, 0.2) is 30.3 Å². The molecule has 0 saturated carbocycles. The van der Waals surface area contributed by atoms with E-state index in [1.807, 2.05) is 19.1 Å². The first-order valence-corrected chi connectivity index (χ1v) is 7.60. The van der Waals surface area contributed by atoms with Crippen molar-refractivity contribution in [2.24, 2.45) is 0 Å². The number of aryl methyl sites for hydroxylation is 1. The van der Waals surface area contributed by atoms with Gasteiger partial charge in [-0.05, 0) is 36.8 Å². The highest BCUT2D eigenvalue weighted by Crippen LogP contribution is 2.20. The quantitative estimate of drug-likeness (QED) is 0.885. The minimum Gasteiger partial charge on any atom is -0.387 e. The molecule has 1 amide bonds. The first-order valence-electron chi connectivity index (χ1n) is 6.40. The maximum atomic E-state index is 13.3.